The lowest BCUT2D eigenvalue weighted by atomic mass is 9.61. The number of fused-ring (bicyclic) bond motifs is 3. The van der Waals surface area contributed by atoms with E-state index in [4.69, 9.17) is 9.47 Å². The Morgan fingerprint density at radius 1 is 1.22 bits per heavy atom. The number of aromatic hydroxyl groups is 1. The molecule has 0 saturated carbocycles. The number of carbonyl (C=O) groups is 2. The smallest absolute Gasteiger partial charge is 0.217 e. The summed E-state index contributed by atoms with van der Waals surface area (Å²) in [6, 6.07) is 11.3. The van der Waals surface area contributed by atoms with Gasteiger partial charge in [0.25, 0.3) is 0 Å². The molecular weight excluding hydrogens is 456 g/mol. The number of aldehydes is 1. The second-order valence-corrected chi connectivity index (χ2v) is 10.7. The van der Waals surface area contributed by atoms with E-state index in [1.165, 1.54) is 5.57 Å². The fourth-order valence-electron chi connectivity index (χ4n) is 7.78. The molecule has 2 saturated heterocycles. The quantitative estimate of drug-likeness (QED) is 0.226. The van der Waals surface area contributed by atoms with E-state index in [-0.39, 0.29) is 23.5 Å². The lowest BCUT2D eigenvalue weighted by Crippen LogP contribution is -2.64. The van der Waals surface area contributed by atoms with E-state index in [1.54, 1.807) is 6.07 Å². The van der Waals surface area contributed by atoms with Gasteiger partial charge in [-0.25, -0.2) is 0 Å². The molecule has 2 aromatic carbocycles. The molecule has 1 spiro atoms. The molecule has 7 nitrogen and oxygen atoms in total. The molecule has 1 aliphatic carbocycles. The van der Waals surface area contributed by atoms with Gasteiger partial charge in [-0.3, -0.25) is 9.59 Å². The third kappa shape index (κ3) is 2.66. The number of Topliss-reactive ketones (excluding diaryl/α,β-unsaturated/α-hetero) is 1. The van der Waals surface area contributed by atoms with Crippen LogP contribution in [0.15, 0.2) is 59.3 Å². The lowest BCUT2D eigenvalue weighted by molar-refractivity contribution is -0.934. The monoisotopic (exact) mass is 485 g/mol. The van der Waals surface area contributed by atoms with Gasteiger partial charge < -0.3 is 24.4 Å². The summed E-state index contributed by atoms with van der Waals surface area (Å²) in [5.74, 6) is 1.64. The number of piperidine rings is 1. The Kier molecular flexibility index (Phi) is 4.49. The van der Waals surface area contributed by atoms with Gasteiger partial charge in [-0.2, -0.15) is 0 Å². The molecule has 184 valence electrons. The number of allylic oxidation sites excluding steroid dienone is 2. The topological polar surface area (TPSA) is 84.9 Å². The van der Waals surface area contributed by atoms with Gasteiger partial charge in [0.2, 0.25) is 5.78 Å². The average molecular weight is 486 g/mol. The van der Waals surface area contributed by atoms with Crippen LogP contribution in [0.4, 0.5) is 5.69 Å². The summed E-state index contributed by atoms with van der Waals surface area (Å²) in [6.07, 6.45) is 4.79. The Morgan fingerprint density at radius 2 is 2.06 bits per heavy atom. The molecule has 4 heterocycles. The van der Waals surface area contributed by atoms with E-state index >= 15 is 0 Å². The first-order valence-corrected chi connectivity index (χ1v) is 12.7. The van der Waals surface area contributed by atoms with Crippen molar-refractivity contribution in [2.24, 2.45) is 5.92 Å². The molecule has 2 N–H and O–H groups in total. The Morgan fingerprint density at radius 3 is 2.86 bits per heavy atom. The van der Waals surface area contributed by atoms with Gasteiger partial charge in [0.15, 0.2) is 11.5 Å². The maximum atomic E-state index is 13.8. The highest BCUT2D eigenvalue weighted by Crippen LogP contribution is 2.64. The Hall–Kier alpha value is -3.58. The molecule has 0 aromatic heterocycles. The largest absolute Gasteiger partial charge is 0.506 e. The van der Waals surface area contributed by atoms with Gasteiger partial charge in [0, 0.05) is 35.6 Å². The minimum absolute atomic E-state index is 0.0401. The van der Waals surface area contributed by atoms with Crippen LogP contribution in [0.5, 0.6) is 17.2 Å². The molecule has 2 bridgehead atoms. The fourth-order valence-corrected chi connectivity index (χ4v) is 7.78. The maximum Gasteiger partial charge on any atom is 0.217 e. The summed E-state index contributed by atoms with van der Waals surface area (Å²) in [7, 11) is 0. The standard InChI is InChI=1S/C29H28N2O5/c1-2-17-14-31(15-23(34)18-6-7-24-25(12-18)36-11-10-35-24)9-8-29-21-4-3-5-22(33)27(21)30-28(29)20(16-32)19(17)13-26(29)31/h2-7,12,16,19,26H,8-11,13-15H2,1H3,(H-,30,32,33)/p+1/b17-2-/t19-,26-,29+,31+/m0/s1. The first-order valence-electron chi connectivity index (χ1n) is 12.7. The number of quaternary nitrogens is 1. The van der Waals surface area contributed by atoms with Crippen LogP contribution in [0.25, 0.3) is 0 Å². The summed E-state index contributed by atoms with van der Waals surface area (Å²) in [4.78, 5) is 26.3. The van der Waals surface area contributed by atoms with Gasteiger partial charge in [-0.15, -0.1) is 0 Å². The Bertz CT molecular complexity index is 1390. The van der Waals surface area contributed by atoms with Crippen molar-refractivity contribution in [3.05, 3.63) is 70.4 Å². The predicted molar refractivity (Wildman–Crippen MR) is 133 cm³/mol. The third-order valence-electron chi connectivity index (χ3n) is 9.29. The predicted octanol–water partition coefficient (Wildman–Crippen LogP) is 3.73. The summed E-state index contributed by atoms with van der Waals surface area (Å²) in [5, 5.41) is 14.2. The Balaban J connectivity index is 1.34. The molecule has 4 aliphatic heterocycles. The summed E-state index contributed by atoms with van der Waals surface area (Å²) in [6.45, 7) is 4.99. The third-order valence-corrected chi connectivity index (χ3v) is 9.29. The highest BCUT2D eigenvalue weighted by atomic mass is 16.6. The molecule has 36 heavy (non-hydrogen) atoms. The van der Waals surface area contributed by atoms with Gasteiger partial charge in [0.1, 0.15) is 44.4 Å². The van der Waals surface area contributed by atoms with Crippen LogP contribution in [0.3, 0.4) is 0 Å². The van der Waals surface area contributed by atoms with Crippen molar-refractivity contribution < 1.29 is 28.7 Å². The van der Waals surface area contributed by atoms with Gasteiger partial charge in [-0.1, -0.05) is 18.2 Å². The number of phenols is 1. The van der Waals surface area contributed by atoms with Gasteiger partial charge in [-0.05, 0) is 42.3 Å². The molecule has 2 aromatic rings. The minimum atomic E-state index is -0.396. The highest BCUT2D eigenvalue weighted by molar-refractivity contribution is 5.98. The van der Waals surface area contributed by atoms with Crippen LogP contribution >= 0.6 is 0 Å². The number of carbonyl (C=O) groups excluding carboxylic acids is 2. The number of nitrogens with one attached hydrogen (secondary N) is 1. The number of rotatable bonds is 4. The molecule has 0 amide bonds. The number of phenolic OH excluding ortho intramolecular Hbond substituents is 1. The van der Waals surface area contributed by atoms with Crippen molar-refractivity contribution in [3.63, 3.8) is 0 Å². The average Bonchev–Trinajstić information content (AvgIpc) is 3.43. The second kappa shape index (κ2) is 7.46. The van der Waals surface area contributed by atoms with E-state index in [9.17, 15) is 14.7 Å². The first kappa shape index (κ1) is 21.7. The minimum Gasteiger partial charge on any atom is -0.506 e. The van der Waals surface area contributed by atoms with E-state index in [2.05, 4.69) is 17.5 Å². The maximum absolute atomic E-state index is 13.8. The van der Waals surface area contributed by atoms with Crippen LogP contribution in [0.2, 0.25) is 0 Å². The summed E-state index contributed by atoms with van der Waals surface area (Å²) in [5.41, 5.74) is 4.95. The highest BCUT2D eigenvalue weighted by Gasteiger charge is 2.69. The van der Waals surface area contributed by atoms with E-state index in [1.807, 2.05) is 31.2 Å². The number of hydrogen-bond donors (Lipinski definition) is 2. The molecular formula is C29H29N2O5+. The van der Waals surface area contributed by atoms with Crippen LogP contribution in [0.1, 0.15) is 35.7 Å². The van der Waals surface area contributed by atoms with Crippen molar-refractivity contribution >= 4 is 17.8 Å². The van der Waals surface area contributed by atoms with Crippen LogP contribution in [-0.2, 0) is 10.2 Å². The molecule has 5 aliphatic rings. The number of ketones is 1. The zero-order valence-electron chi connectivity index (χ0n) is 20.3. The second-order valence-electron chi connectivity index (χ2n) is 10.7. The van der Waals surface area contributed by atoms with Crippen LogP contribution in [0, 0.1) is 5.92 Å². The SMILES string of the molecule is C/C=C1/C[N@@+]2(CC(=O)c3ccc4c(c3)OCCO4)CC[C@]34C(=C(C=O)[C@H]1C[C@@H]32)Nc1c(O)cccc14. The molecule has 7 rings (SSSR count). The van der Waals surface area contributed by atoms with Crippen molar-refractivity contribution in [2.45, 2.75) is 31.2 Å². The normalized spacial score (nSPS) is 32.1. The van der Waals surface area contributed by atoms with E-state index < -0.39 is 5.41 Å². The number of anilines is 1. The van der Waals surface area contributed by atoms with Gasteiger partial charge >= 0.3 is 0 Å². The van der Waals surface area contributed by atoms with Crippen LogP contribution in [-0.4, -0.2) is 60.5 Å². The van der Waals surface area contributed by atoms with E-state index in [0.29, 0.717) is 47.0 Å². The van der Waals surface area contributed by atoms with Crippen molar-refractivity contribution in [1.29, 1.82) is 0 Å². The number of hydrogen-bond acceptors (Lipinski definition) is 6. The number of benzene rings is 2. The number of para-hydroxylation sites is 1. The summed E-state index contributed by atoms with van der Waals surface area (Å²) < 4.78 is 12.0. The van der Waals surface area contributed by atoms with Crippen molar-refractivity contribution in [3.8, 4) is 17.2 Å². The number of nitrogens with zero attached hydrogens (tertiary/aromatic N) is 1. The lowest BCUT2D eigenvalue weighted by Gasteiger charge is -2.53. The van der Waals surface area contributed by atoms with E-state index in [0.717, 1.165) is 49.1 Å². The molecule has 7 heteroatoms. The first-order chi connectivity index (χ1) is 17.5. The molecule has 0 radical (unpaired) electrons. The van der Waals surface area contributed by atoms with Crippen LogP contribution < -0.4 is 14.8 Å². The molecule has 0 unspecified atom stereocenters. The number of ether oxygens (including phenoxy) is 2. The van der Waals surface area contributed by atoms with Crippen molar-refractivity contribution in [1.82, 2.24) is 0 Å². The zero-order valence-corrected chi connectivity index (χ0v) is 20.3. The van der Waals surface area contributed by atoms with Gasteiger partial charge in [0.05, 0.1) is 17.6 Å². The zero-order chi connectivity index (χ0) is 24.7. The Labute approximate surface area is 209 Å². The fraction of sp³-hybridized carbons (Fsp3) is 0.379. The molecule has 4 atom stereocenters. The van der Waals surface area contributed by atoms with Crippen molar-refractivity contribution in [2.75, 3.05) is 38.2 Å². The molecule has 2 fully saturated rings. The summed E-state index contributed by atoms with van der Waals surface area (Å²) >= 11 is 0.